The first-order valence-corrected chi connectivity index (χ1v) is 11.0. The average Bonchev–Trinajstić information content (AvgIpc) is 2.72. The second-order valence-corrected chi connectivity index (χ2v) is 8.26. The lowest BCUT2D eigenvalue weighted by atomic mass is 10.2. The Kier molecular flexibility index (Phi) is 8.35. The van der Waals surface area contributed by atoms with Crippen LogP contribution >= 0.6 is 0 Å². The SMILES string of the molecule is CCCCCCOc1ccc(C(=O)NNS(=O)(=O)c2ccc(C(C)=O)cc2)cc1. The van der Waals surface area contributed by atoms with E-state index in [2.05, 4.69) is 12.3 Å². The third-order valence-corrected chi connectivity index (χ3v) is 5.52. The van der Waals surface area contributed by atoms with Crippen molar-refractivity contribution in [1.82, 2.24) is 10.3 Å². The Hall–Kier alpha value is -2.71. The van der Waals surface area contributed by atoms with Crippen LogP contribution in [0.15, 0.2) is 53.4 Å². The number of amides is 1. The molecule has 156 valence electrons. The summed E-state index contributed by atoms with van der Waals surface area (Å²) in [5.74, 6) is -0.101. The van der Waals surface area contributed by atoms with Crippen LogP contribution < -0.4 is 15.0 Å². The Morgan fingerprint density at radius 2 is 1.52 bits per heavy atom. The smallest absolute Gasteiger partial charge is 0.266 e. The molecule has 2 aromatic rings. The normalized spacial score (nSPS) is 11.1. The van der Waals surface area contributed by atoms with E-state index in [4.69, 9.17) is 4.74 Å². The van der Waals surface area contributed by atoms with Gasteiger partial charge < -0.3 is 4.74 Å². The predicted molar refractivity (Wildman–Crippen MR) is 110 cm³/mol. The number of carbonyl (C=O) groups excluding carboxylic acids is 2. The van der Waals surface area contributed by atoms with Gasteiger partial charge in [0, 0.05) is 11.1 Å². The van der Waals surface area contributed by atoms with Crippen LogP contribution in [0.5, 0.6) is 5.75 Å². The van der Waals surface area contributed by atoms with E-state index in [0.29, 0.717) is 17.9 Å². The number of ketones is 1. The van der Waals surface area contributed by atoms with Gasteiger partial charge in [-0.05, 0) is 49.7 Å². The van der Waals surface area contributed by atoms with Crippen LogP contribution in [0.4, 0.5) is 0 Å². The highest BCUT2D eigenvalue weighted by atomic mass is 32.2. The van der Waals surface area contributed by atoms with Gasteiger partial charge in [-0.25, -0.2) is 8.42 Å². The minimum atomic E-state index is -3.95. The monoisotopic (exact) mass is 418 g/mol. The molecule has 0 fully saturated rings. The molecule has 0 aliphatic heterocycles. The molecule has 0 aromatic heterocycles. The van der Waals surface area contributed by atoms with Crippen molar-refractivity contribution in [3.63, 3.8) is 0 Å². The molecule has 2 N–H and O–H groups in total. The van der Waals surface area contributed by atoms with E-state index in [0.717, 1.165) is 19.3 Å². The van der Waals surface area contributed by atoms with E-state index in [9.17, 15) is 18.0 Å². The van der Waals surface area contributed by atoms with E-state index in [1.807, 2.05) is 4.83 Å². The van der Waals surface area contributed by atoms with Gasteiger partial charge in [0.2, 0.25) is 0 Å². The van der Waals surface area contributed by atoms with E-state index in [1.54, 1.807) is 24.3 Å². The summed E-state index contributed by atoms with van der Waals surface area (Å²) in [6, 6.07) is 11.9. The van der Waals surface area contributed by atoms with Crippen molar-refractivity contribution < 1.29 is 22.7 Å². The molecule has 7 nitrogen and oxygen atoms in total. The molecular weight excluding hydrogens is 392 g/mol. The van der Waals surface area contributed by atoms with Crippen molar-refractivity contribution in [3.8, 4) is 5.75 Å². The van der Waals surface area contributed by atoms with Crippen molar-refractivity contribution >= 4 is 21.7 Å². The van der Waals surface area contributed by atoms with Crippen molar-refractivity contribution in [3.05, 3.63) is 59.7 Å². The number of Topliss-reactive ketones (excluding diaryl/α,β-unsaturated/α-hetero) is 1. The largest absolute Gasteiger partial charge is 0.494 e. The van der Waals surface area contributed by atoms with E-state index < -0.39 is 15.9 Å². The summed E-state index contributed by atoms with van der Waals surface area (Å²) < 4.78 is 30.1. The summed E-state index contributed by atoms with van der Waals surface area (Å²) in [5, 5.41) is 0. The van der Waals surface area contributed by atoms with E-state index >= 15 is 0 Å². The molecule has 0 heterocycles. The van der Waals surface area contributed by atoms with Crippen LogP contribution in [0.2, 0.25) is 0 Å². The fourth-order valence-corrected chi connectivity index (χ4v) is 3.37. The number of hydrogen-bond donors (Lipinski definition) is 2. The Balaban J connectivity index is 1.88. The first-order valence-electron chi connectivity index (χ1n) is 9.49. The van der Waals surface area contributed by atoms with Crippen LogP contribution in [-0.4, -0.2) is 26.7 Å². The number of unbranched alkanes of at least 4 members (excludes halogenated alkanes) is 3. The lowest BCUT2D eigenvalue weighted by molar-refractivity contribution is 0.0944. The predicted octanol–water partition coefficient (Wildman–Crippen LogP) is 3.47. The van der Waals surface area contributed by atoms with Crippen LogP contribution in [0.25, 0.3) is 0 Å². The van der Waals surface area contributed by atoms with Crippen LogP contribution in [0, 0.1) is 0 Å². The van der Waals surface area contributed by atoms with Crippen LogP contribution in [0.3, 0.4) is 0 Å². The molecule has 0 saturated carbocycles. The first-order chi connectivity index (χ1) is 13.8. The van der Waals surface area contributed by atoms with Gasteiger partial charge in [0.15, 0.2) is 5.78 Å². The summed E-state index contributed by atoms with van der Waals surface area (Å²) in [6.07, 6.45) is 4.44. The zero-order valence-electron chi connectivity index (χ0n) is 16.6. The van der Waals surface area contributed by atoms with Gasteiger partial charge in [0.05, 0.1) is 11.5 Å². The Morgan fingerprint density at radius 1 is 0.897 bits per heavy atom. The maximum Gasteiger partial charge on any atom is 0.266 e. The van der Waals surface area contributed by atoms with Gasteiger partial charge in [-0.15, -0.1) is 4.83 Å². The summed E-state index contributed by atoms with van der Waals surface area (Å²) in [6.45, 7) is 4.16. The summed E-state index contributed by atoms with van der Waals surface area (Å²) in [7, 11) is -3.95. The maximum atomic E-state index is 12.3. The molecule has 0 spiro atoms. The molecule has 2 rings (SSSR count). The average molecular weight is 419 g/mol. The molecule has 0 saturated heterocycles. The van der Waals surface area contributed by atoms with Gasteiger partial charge in [-0.1, -0.05) is 38.3 Å². The lowest BCUT2D eigenvalue weighted by Crippen LogP contribution is -2.41. The van der Waals surface area contributed by atoms with Gasteiger partial charge in [-0.2, -0.15) is 0 Å². The second kappa shape index (κ2) is 10.7. The second-order valence-electron chi connectivity index (χ2n) is 6.57. The van der Waals surface area contributed by atoms with Crippen LogP contribution in [0.1, 0.15) is 60.2 Å². The summed E-state index contributed by atoms with van der Waals surface area (Å²) in [5.41, 5.74) is 2.87. The van der Waals surface area contributed by atoms with Gasteiger partial charge >= 0.3 is 0 Å². The van der Waals surface area contributed by atoms with E-state index in [1.165, 1.54) is 37.6 Å². The highest BCUT2D eigenvalue weighted by molar-refractivity contribution is 7.89. The number of sulfonamides is 1. The molecule has 0 bridgehead atoms. The molecule has 0 unspecified atom stereocenters. The third kappa shape index (κ3) is 6.99. The highest BCUT2D eigenvalue weighted by Gasteiger charge is 2.16. The fraction of sp³-hybridized carbons (Fsp3) is 0.333. The zero-order valence-corrected chi connectivity index (χ0v) is 17.4. The maximum absolute atomic E-state index is 12.3. The van der Waals surface area contributed by atoms with Crippen LogP contribution in [-0.2, 0) is 10.0 Å². The van der Waals surface area contributed by atoms with E-state index in [-0.39, 0.29) is 16.2 Å². The number of rotatable bonds is 11. The molecule has 0 radical (unpaired) electrons. The minimum absolute atomic E-state index is 0.0605. The number of nitrogens with one attached hydrogen (secondary N) is 2. The summed E-state index contributed by atoms with van der Waals surface area (Å²) >= 11 is 0. The first kappa shape index (κ1) is 22.6. The minimum Gasteiger partial charge on any atom is -0.494 e. The number of carbonyl (C=O) groups is 2. The molecule has 0 aliphatic carbocycles. The molecule has 29 heavy (non-hydrogen) atoms. The molecule has 1 amide bonds. The Labute approximate surface area is 171 Å². The van der Waals surface area contributed by atoms with Crippen molar-refractivity contribution in [1.29, 1.82) is 0 Å². The zero-order chi connectivity index (χ0) is 21.3. The number of hydrazine groups is 1. The van der Waals surface area contributed by atoms with Gasteiger partial charge in [0.1, 0.15) is 5.75 Å². The molecule has 0 atom stereocenters. The summed E-state index contributed by atoms with van der Waals surface area (Å²) in [4.78, 5) is 25.4. The van der Waals surface area contributed by atoms with Crippen molar-refractivity contribution in [2.24, 2.45) is 0 Å². The Bertz CT molecular complexity index is 923. The molecular formula is C21H26N2O5S. The van der Waals surface area contributed by atoms with Gasteiger partial charge in [0.25, 0.3) is 15.9 Å². The molecule has 8 heteroatoms. The van der Waals surface area contributed by atoms with Gasteiger partial charge in [-0.3, -0.25) is 15.0 Å². The number of benzene rings is 2. The molecule has 2 aromatic carbocycles. The number of ether oxygens (including phenoxy) is 1. The molecule has 0 aliphatic rings. The quantitative estimate of drug-likeness (QED) is 0.330. The van der Waals surface area contributed by atoms with Crippen molar-refractivity contribution in [2.45, 2.75) is 44.4 Å². The topological polar surface area (TPSA) is 102 Å². The highest BCUT2D eigenvalue weighted by Crippen LogP contribution is 2.14. The van der Waals surface area contributed by atoms with Crippen molar-refractivity contribution in [2.75, 3.05) is 6.61 Å². The number of hydrogen-bond acceptors (Lipinski definition) is 5. The third-order valence-electron chi connectivity index (χ3n) is 4.25. The standard InChI is InChI=1S/C21H26N2O5S/c1-3-4-5-6-15-28-19-11-7-18(8-12-19)21(25)22-23-29(26,27)20-13-9-17(10-14-20)16(2)24/h7-14,23H,3-6,15H2,1-2H3,(H,22,25). The Morgan fingerprint density at radius 3 is 2.10 bits per heavy atom. The fourth-order valence-electron chi connectivity index (χ4n) is 2.53. The lowest BCUT2D eigenvalue weighted by Gasteiger charge is -2.10.